The lowest BCUT2D eigenvalue weighted by atomic mass is 10.2. The Labute approximate surface area is 171 Å². The van der Waals surface area contributed by atoms with E-state index in [4.69, 9.17) is 0 Å². The third-order valence-electron chi connectivity index (χ3n) is 3.92. The van der Waals surface area contributed by atoms with Crippen LogP contribution < -0.4 is 10.6 Å². The van der Waals surface area contributed by atoms with Gasteiger partial charge in [0.15, 0.2) is 0 Å². The Kier molecular flexibility index (Phi) is 6.70. The molecule has 140 valence electrons. The Morgan fingerprint density at radius 1 is 1.00 bits per heavy atom. The zero-order valence-electron chi connectivity index (χ0n) is 14.9. The molecule has 0 bridgehead atoms. The van der Waals surface area contributed by atoms with E-state index in [-0.39, 0.29) is 11.8 Å². The van der Waals surface area contributed by atoms with Crippen LogP contribution in [0.5, 0.6) is 0 Å². The van der Waals surface area contributed by atoms with Crippen LogP contribution in [0.2, 0.25) is 0 Å². The molecule has 0 saturated heterocycles. The van der Waals surface area contributed by atoms with Gasteiger partial charge in [0.05, 0.1) is 5.56 Å². The first-order valence-corrected chi connectivity index (χ1v) is 9.42. The average molecular weight is 436 g/mol. The molecule has 0 radical (unpaired) electrons. The van der Waals surface area contributed by atoms with Gasteiger partial charge in [-0.05, 0) is 47.5 Å². The smallest absolute Gasteiger partial charge is 0.253 e. The van der Waals surface area contributed by atoms with Crippen molar-refractivity contribution in [3.05, 3.63) is 100 Å². The van der Waals surface area contributed by atoms with Crippen molar-refractivity contribution in [3.63, 3.8) is 0 Å². The summed E-state index contributed by atoms with van der Waals surface area (Å²) in [5.74, 6) is -0.393. The fourth-order valence-corrected chi connectivity index (χ4v) is 2.86. The minimum atomic E-state index is -0.214. The summed E-state index contributed by atoms with van der Waals surface area (Å²) < 4.78 is 0.928. The van der Waals surface area contributed by atoms with Crippen molar-refractivity contribution < 1.29 is 9.59 Å². The van der Waals surface area contributed by atoms with Gasteiger partial charge in [-0.1, -0.05) is 46.3 Å². The van der Waals surface area contributed by atoms with E-state index in [0.29, 0.717) is 17.8 Å². The quantitative estimate of drug-likeness (QED) is 0.562. The van der Waals surface area contributed by atoms with Crippen LogP contribution in [0.1, 0.15) is 21.5 Å². The molecule has 2 aromatic carbocycles. The molecule has 5 nitrogen and oxygen atoms in total. The zero-order valence-corrected chi connectivity index (χ0v) is 16.5. The monoisotopic (exact) mass is 435 g/mol. The average Bonchev–Trinajstić information content (AvgIpc) is 2.73. The number of halogens is 1. The molecule has 0 aliphatic rings. The molecule has 0 aliphatic carbocycles. The minimum absolute atomic E-state index is 0.178. The first-order chi connectivity index (χ1) is 13.6. The second kappa shape index (κ2) is 9.62. The summed E-state index contributed by atoms with van der Waals surface area (Å²) in [6.45, 7) is 0.393. The Morgan fingerprint density at radius 2 is 1.79 bits per heavy atom. The van der Waals surface area contributed by atoms with Crippen molar-refractivity contribution in [2.45, 2.75) is 6.54 Å². The predicted molar refractivity (Wildman–Crippen MR) is 114 cm³/mol. The highest BCUT2D eigenvalue weighted by Crippen LogP contribution is 2.17. The van der Waals surface area contributed by atoms with Gasteiger partial charge < -0.3 is 10.6 Å². The predicted octanol–water partition coefficient (Wildman–Crippen LogP) is 4.43. The lowest BCUT2D eigenvalue weighted by molar-refractivity contribution is -0.111. The molecule has 2 N–H and O–H groups in total. The number of pyridine rings is 1. The maximum atomic E-state index is 12.1. The van der Waals surface area contributed by atoms with Crippen molar-refractivity contribution >= 4 is 39.5 Å². The second-order valence-corrected chi connectivity index (χ2v) is 6.82. The highest BCUT2D eigenvalue weighted by atomic mass is 79.9. The Bertz CT molecular complexity index is 986. The molecular weight excluding hydrogens is 418 g/mol. The van der Waals surface area contributed by atoms with Crippen LogP contribution in [-0.4, -0.2) is 16.8 Å². The number of nitrogens with one attached hydrogen (secondary N) is 2. The highest BCUT2D eigenvalue weighted by Gasteiger charge is 2.05. The van der Waals surface area contributed by atoms with E-state index in [2.05, 4.69) is 31.5 Å². The number of benzene rings is 2. The molecule has 28 heavy (non-hydrogen) atoms. The van der Waals surface area contributed by atoms with E-state index in [1.165, 1.54) is 12.3 Å². The first kappa shape index (κ1) is 19.5. The molecule has 1 heterocycles. The summed E-state index contributed by atoms with van der Waals surface area (Å²) in [6.07, 6.45) is 6.39. The molecular formula is C22H18BrN3O2. The number of carbonyl (C=O) groups excluding carboxylic acids is 2. The third-order valence-corrected chi connectivity index (χ3v) is 4.64. The number of anilines is 1. The topological polar surface area (TPSA) is 71.1 Å². The number of carbonyl (C=O) groups is 2. The molecule has 0 spiro atoms. The Hall–Kier alpha value is -3.25. The van der Waals surface area contributed by atoms with E-state index < -0.39 is 0 Å². The lowest BCUT2D eigenvalue weighted by Crippen LogP contribution is -2.22. The van der Waals surface area contributed by atoms with Gasteiger partial charge in [-0.3, -0.25) is 14.6 Å². The zero-order chi connectivity index (χ0) is 19.8. The molecule has 0 saturated carbocycles. The van der Waals surface area contributed by atoms with Crippen LogP contribution in [0.3, 0.4) is 0 Å². The standard InChI is InChI=1S/C22H18BrN3O2/c23-20-6-2-1-4-17(20)9-12-21(27)26-19-10-7-16(8-11-19)14-25-22(28)18-5-3-13-24-15-18/h1-13,15H,14H2,(H,25,28)(H,26,27)/b12-9+. The van der Waals surface area contributed by atoms with E-state index in [1.807, 2.05) is 36.4 Å². The third kappa shape index (κ3) is 5.62. The largest absolute Gasteiger partial charge is 0.348 e. The van der Waals surface area contributed by atoms with Gasteiger partial charge in [0.25, 0.3) is 5.91 Å². The highest BCUT2D eigenvalue weighted by molar-refractivity contribution is 9.10. The maximum Gasteiger partial charge on any atom is 0.253 e. The first-order valence-electron chi connectivity index (χ1n) is 8.62. The van der Waals surface area contributed by atoms with E-state index in [9.17, 15) is 9.59 Å². The fourth-order valence-electron chi connectivity index (χ4n) is 2.45. The fraction of sp³-hybridized carbons (Fsp3) is 0.0455. The summed E-state index contributed by atoms with van der Waals surface area (Å²) in [6, 6.07) is 18.4. The summed E-state index contributed by atoms with van der Waals surface area (Å²) in [5.41, 5.74) is 3.06. The SMILES string of the molecule is O=C(/C=C/c1ccccc1Br)Nc1ccc(CNC(=O)c2cccnc2)cc1. The molecule has 3 aromatic rings. The van der Waals surface area contributed by atoms with Crippen LogP contribution in [0.15, 0.2) is 83.6 Å². The van der Waals surface area contributed by atoms with Gasteiger partial charge in [0.1, 0.15) is 0 Å². The van der Waals surface area contributed by atoms with Crippen LogP contribution in [0, 0.1) is 0 Å². The van der Waals surface area contributed by atoms with Gasteiger partial charge >= 0.3 is 0 Å². The van der Waals surface area contributed by atoms with E-state index >= 15 is 0 Å². The summed E-state index contributed by atoms with van der Waals surface area (Å²) >= 11 is 3.44. The Balaban J connectivity index is 1.52. The Morgan fingerprint density at radius 3 is 2.50 bits per heavy atom. The van der Waals surface area contributed by atoms with Crippen LogP contribution in [0.4, 0.5) is 5.69 Å². The molecule has 6 heteroatoms. The molecule has 0 atom stereocenters. The van der Waals surface area contributed by atoms with Gasteiger partial charge in [0, 0.05) is 35.2 Å². The molecule has 0 unspecified atom stereocenters. The van der Waals surface area contributed by atoms with Crippen molar-refractivity contribution in [2.24, 2.45) is 0 Å². The van der Waals surface area contributed by atoms with E-state index in [1.54, 1.807) is 36.5 Å². The number of hydrogen-bond donors (Lipinski definition) is 2. The number of rotatable bonds is 6. The minimum Gasteiger partial charge on any atom is -0.348 e. The van der Waals surface area contributed by atoms with Crippen LogP contribution in [-0.2, 0) is 11.3 Å². The number of hydrogen-bond acceptors (Lipinski definition) is 3. The van der Waals surface area contributed by atoms with Crippen molar-refractivity contribution in [1.29, 1.82) is 0 Å². The lowest BCUT2D eigenvalue weighted by Gasteiger charge is -2.07. The molecule has 3 rings (SSSR count). The normalized spacial score (nSPS) is 10.6. The summed E-state index contributed by atoms with van der Waals surface area (Å²) in [5, 5.41) is 5.65. The maximum absolute atomic E-state index is 12.1. The summed E-state index contributed by atoms with van der Waals surface area (Å²) in [7, 11) is 0. The summed E-state index contributed by atoms with van der Waals surface area (Å²) in [4.78, 5) is 28.0. The molecule has 0 fully saturated rings. The number of amides is 2. The second-order valence-electron chi connectivity index (χ2n) is 5.97. The van der Waals surface area contributed by atoms with Gasteiger partial charge in [-0.2, -0.15) is 0 Å². The van der Waals surface area contributed by atoms with Crippen molar-refractivity contribution in [1.82, 2.24) is 10.3 Å². The van der Waals surface area contributed by atoms with Crippen LogP contribution in [0.25, 0.3) is 6.08 Å². The van der Waals surface area contributed by atoms with Gasteiger partial charge in [0.2, 0.25) is 5.91 Å². The van der Waals surface area contributed by atoms with Gasteiger partial charge in [-0.15, -0.1) is 0 Å². The van der Waals surface area contributed by atoms with E-state index in [0.717, 1.165) is 15.6 Å². The van der Waals surface area contributed by atoms with Gasteiger partial charge in [-0.25, -0.2) is 0 Å². The number of nitrogens with zero attached hydrogens (tertiary/aromatic N) is 1. The van der Waals surface area contributed by atoms with Crippen molar-refractivity contribution in [2.75, 3.05) is 5.32 Å². The van der Waals surface area contributed by atoms with Crippen LogP contribution >= 0.6 is 15.9 Å². The molecule has 0 aliphatic heterocycles. The molecule has 1 aromatic heterocycles. The van der Waals surface area contributed by atoms with Crippen molar-refractivity contribution in [3.8, 4) is 0 Å². The number of aromatic nitrogens is 1. The molecule has 2 amide bonds.